The Morgan fingerprint density at radius 3 is 2.50 bits per heavy atom. The van der Waals surface area contributed by atoms with Gasteiger partial charge in [0, 0.05) is 12.6 Å². The van der Waals surface area contributed by atoms with Gasteiger partial charge in [0.2, 0.25) is 5.91 Å². The fourth-order valence-corrected chi connectivity index (χ4v) is 2.77. The summed E-state index contributed by atoms with van der Waals surface area (Å²) in [5, 5.41) is 3.30. The molecule has 0 heterocycles. The van der Waals surface area contributed by atoms with Crippen molar-refractivity contribution in [1.82, 2.24) is 10.2 Å². The van der Waals surface area contributed by atoms with Crippen LogP contribution in [0.3, 0.4) is 0 Å². The van der Waals surface area contributed by atoms with Gasteiger partial charge in [-0.05, 0) is 39.8 Å². The fourth-order valence-electron chi connectivity index (χ4n) is 2.77. The molecule has 1 atom stereocenters. The molecule has 0 spiro atoms. The van der Waals surface area contributed by atoms with Crippen LogP contribution < -0.4 is 11.1 Å². The van der Waals surface area contributed by atoms with E-state index in [1.165, 1.54) is 32.1 Å². The van der Waals surface area contributed by atoms with Gasteiger partial charge in [0.25, 0.3) is 0 Å². The van der Waals surface area contributed by atoms with E-state index in [0.29, 0.717) is 12.6 Å². The van der Waals surface area contributed by atoms with E-state index in [1.54, 1.807) is 0 Å². The second kappa shape index (κ2) is 7.10. The van der Waals surface area contributed by atoms with Crippen LogP contribution in [0.1, 0.15) is 52.4 Å². The third-order valence-electron chi connectivity index (χ3n) is 4.07. The topological polar surface area (TPSA) is 58.4 Å². The van der Waals surface area contributed by atoms with Crippen LogP contribution in [0.15, 0.2) is 0 Å². The highest BCUT2D eigenvalue weighted by atomic mass is 16.1. The number of hydrogen-bond donors (Lipinski definition) is 2. The van der Waals surface area contributed by atoms with E-state index in [2.05, 4.69) is 24.2 Å². The number of likely N-dealkylation sites (N-methyl/N-ethyl adjacent to an activating group) is 1. The maximum absolute atomic E-state index is 11.7. The quantitative estimate of drug-likeness (QED) is 0.725. The molecule has 0 aromatic carbocycles. The third kappa shape index (κ3) is 4.25. The molecule has 1 unspecified atom stereocenters. The molecule has 0 radical (unpaired) electrons. The molecule has 0 aromatic heterocycles. The zero-order valence-corrected chi connectivity index (χ0v) is 12.2. The van der Waals surface area contributed by atoms with Crippen molar-refractivity contribution in [2.45, 2.75) is 64.0 Å². The molecule has 1 fully saturated rings. The van der Waals surface area contributed by atoms with Gasteiger partial charge in [-0.3, -0.25) is 4.79 Å². The van der Waals surface area contributed by atoms with Crippen LogP contribution in [0.2, 0.25) is 0 Å². The summed E-state index contributed by atoms with van der Waals surface area (Å²) < 4.78 is 0. The summed E-state index contributed by atoms with van der Waals surface area (Å²) in [4.78, 5) is 14.0. The van der Waals surface area contributed by atoms with Crippen LogP contribution in [-0.4, -0.2) is 42.5 Å². The first kappa shape index (κ1) is 15.4. The predicted molar refractivity (Wildman–Crippen MR) is 75.4 cm³/mol. The van der Waals surface area contributed by atoms with Gasteiger partial charge in [0.1, 0.15) is 5.54 Å². The molecule has 1 saturated carbocycles. The number of amides is 1. The summed E-state index contributed by atoms with van der Waals surface area (Å²) in [6.45, 7) is 5.55. The Kier molecular flexibility index (Phi) is 6.09. The molecule has 18 heavy (non-hydrogen) atoms. The average Bonchev–Trinajstić information content (AvgIpc) is 2.37. The molecule has 1 amide bonds. The van der Waals surface area contributed by atoms with E-state index >= 15 is 0 Å². The number of carbonyl (C=O) groups is 1. The molecule has 3 N–H and O–H groups in total. The van der Waals surface area contributed by atoms with Crippen molar-refractivity contribution in [1.29, 1.82) is 0 Å². The van der Waals surface area contributed by atoms with E-state index in [4.69, 9.17) is 5.73 Å². The number of rotatable bonds is 7. The van der Waals surface area contributed by atoms with Crippen molar-refractivity contribution in [2.75, 3.05) is 20.1 Å². The van der Waals surface area contributed by atoms with Crippen molar-refractivity contribution >= 4 is 5.91 Å². The monoisotopic (exact) mass is 255 g/mol. The molecule has 1 aliphatic rings. The van der Waals surface area contributed by atoms with Crippen molar-refractivity contribution in [3.63, 3.8) is 0 Å². The van der Waals surface area contributed by atoms with Gasteiger partial charge in [0.15, 0.2) is 0 Å². The molecule has 4 heteroatoms. The van der Waals surface area contributed by atoms with Crippen LogP contribution in [0.5, 0.6) is 0 Å². The molecular weight excluding hydrogens is 226 g/mol. The van der Waals surface area contributed by atoms with Crippen LogP contribution in [0, 0.1) is 0 Å². The first-order valence-electron chi connectivity index (χ1n) is 7.25. The van der Waals surface area contributed by atoms with E-state index in [9.17, 15) is 4.79 Å². The lowest BCUT2D eigenvalue weighted by atomic mass is 9.92. The van der Waals surface area contributed by atoms with Gasteiger partial charge in [-0.2, -0.15) is 0 Å². The zero-order valence-electron chi connectivity index (χ0n) is 12.2. The highest BCUT2D eigenvalue weighted by Gasteiger charge is 2.33. The summed E-state index contributed by atoms with van der Waals surface area (Å²) in [6.07, 6.45) is 7.48. The number of nitrogens with two attached hydrogens (primary N) is 1. The minimum Gasteiger partial charge on any atom is -0.368 e. The van der Waals surface area contributed by atoms with Crippen LogP contribution in [-0.2, 0) is 4.79 Å². The number of carbonyl (C=O) groups excluding carboxylic acids is 1. The van der Waals surface area contributed by atoms with Gasteiger partial charge in [-0.1, -0.05) is 26.2 Å². The normalized spacial score (nSPS) is 20.9. The first-order valence-corrected chi connectivity index (χ1v) is 7.25. The maximum Gasteiger partial charge on any atom is 0.238 e. The lowest BCUT2D eigenvalue weighted by Crippen LogP contribution is -2.60. The largest absolute Gasteiger partial charge is 0.368 e. The molecule has 1 aliphatic carbocycles. The van der Waals surface area contributed by atoms with Crippen molar-refractivity contribution in [3.05, 3.63) is 0 Å². The zero-order chi connectivity index (χ0) is 13.6. The molecule has 106 valence electrons. The fraction of sp³-hybridized carbons (Fsp3) is 0.929. The van der Waals surface area contributed by atoms with Crippen LogP contribution in [0.4, 0.5) is 0 Å². The average molecular weight is 255 g/mol. The summed E-state index contributed by atoms with van der Waals surface area (Å²) in [6, 6.07) is 0.612. The SMILES string of the molecule is CCCNC(C)(CN(C)C1CCCCC1)C(N)=O. The Labute approximate surface area is 111 Å². The Bertz CT molecular complexity index is 264. The van der Waals surface area contributed by atoms with Crippen molar-refractivity contribution in [2.24, 2.45) is 5.73 Å². The molecule has 0 bridgehead atoms. The summed E-state index contributed by atoms with van der Waals surface area (Å²) >= 11 is 0. The van der Waals surface area contributed by atoms with Gasteiger partial charge in [-0.15, -0.1) is 0 Å². The highest BCUT2D eigenvalue weighted by molar-refractivity contribution is 5.84. The van der Waals surface area contributed by atoms with E-state index < -0.39 is 5.54 Å². The summed E-state index contributed by atoms with van der Waals surface area (Å²) in [5.74, 6) is -0.251. The lowest BCUT2D eigenvalue weighted by Gasteiger charge is -2.37. The molecule has 0 aliphatic heterocycles. The smallest absolute Gasteiger partial charge is 0.238 e. The first-order chi connectivity index (χ1) is 8.49. The Balaban J connectivity index is 2.55. The summed E-state index contributed by atoms with van der Waals surface area (Å²) in [5.41, 5.74) is 4.95. The molecular formula is C14H29N3O. The van der Waals surface area contributed by atoms with Crippen molar-refractivity contribution in [3.8, 4) is 0 Å². The molecule has 0 aromatic rings. The number of primary amides is 1. The Morgan fingerprint density at radius 2 is 2.00 bits per heavy atom. The third-order valence-corrected chi connectivity index (χ3v) is 4.07. The maximum atomic E-state index is 11.7. The van der Waals surface area contributed by atoms with E-state index in [0.717, 1.165) is 13.0 Å². The lowest BCUT2D eigenvalue weighted by molar-refractivity contribution is -0.124. The Morgan fingerprint density at radius 1 is 1.39 bits per heavy atom. The van der Waals surface area contributed by atoms with E-state index in [1.807, 2.05) is 6.92 Å². The van der Waals surface area contributed by atoms with Gasteiger partial charge in [0.05, 0.1) is 0 Å². The van der Waals surface area contributed by atoms with E-state index in [-0.39, 0.29) is 5.91 Å². The molecule has 1 rings (SSSR count). The molecule has 0 saturated heterocycles. The van der Waals surface area contributed by atoms with Crippen LogP contribution in [0.25, 0.3) is 0 Å². The standard InChI is InChI=1S/C14H29N3O/c1-4-10-16-14(2,13(15)18)11-17(3)12-8-6-5-7-9-12/h12,16H,4-11H2,1-3H3,(H2,15,18). The number of hydrogen-bond acceptors (Lipinski definition) is 3. The van der Waals surface area contributed by atoms with Crippen LogP contribution >= 0.6 is 0 Å². The predicted octanol–water partition coefficient (Wildman–Crippen LogP) is 1.49. The second-order valence-corrected chi connectivity index (χ2v) is 5.83. The minimum atomic E-state index is -0.609. The minimum absolute atomic E-state index is 0.251. The van der Waals surface area contributed by atoms with Gasteiger partial charge < -0.3 is 16.0 Å². The molecule has 4 nitrogen and oxygen atoms in total. The summed E-state index contributed by atoms with van der Waals surface area (Å²) in [7, 11) is 2.12. The number of nitrogens with zero attached hydrogens (tertiary/aromatic N) is 1. The second-order valence-electron chi connectivity index (χ2n) is 5.83. The highest BCUT2D eigenvalue weighted by Crippen LogP contribution is 2.22. The van der Waals surface area contributed by atoms with Crippen molar-refractivity contribution < 1.29 is 4.79 Å². The van der Waals surface area contributed by atoms with Gasteiger partial charge in [-0.25, -0.2) is 0 Å². The number of nitrogens with one attached hydrogen (secondary N) is 1. The van der Waals surface area contributed by atoms with Gasteiger partial charge >= 0.3 is 0 Å². The Hall–Kier alpha value is -0.610.